The van der Waals surface area contributed by atoms with Crippen LogP contribution in [-0.4, -0.2) is 4.98 Å². The summed E-state index contributed by atoms with van der Waals surface area (Å²) in [5.41, 5.74) is 9.66. The minimum absolute atomic E-state index is 0.0353. The summed E-state index contributed by atoms with van der Waals surface area (Å²) in [5, 5.41) is 5.92. The first-order valence-corrected chi connectivity index (χ1v) is 13.3. The molecule has 1 aliphatic carbocycles. The van der Waals surface area contributed by atoms with Gasteiger partial charge in [0.1, 0.15) is 7.05 Å². The highest BCUT2D eigenvalue weighted by molar-refractivity contribution is 6.19. The first-order chi connectivity index (χ1) is 17.7. The second kappa shape index (κ2) is 7.41. The second-order valence-corrected chi connectivity index (χ2v) is 12.2. The lowest BCUT2D eigenvalue weighted by Gasteiger charge is -2.42. The molecule has 7 rings (SSSR count). The van der Waals surface area contributed by atoms with Crippen LogP contribution < -0.4 is 4.57 Å². The highest BCUT2D eigenvalue weighted by Crippen LogP contribution is 2.52. The third kappa shape index (κ3) is 3.00. The van der Waals surface area contributed by atoms with Gasteiger partial charge in [-0.2, -0.15) is 4.57 Å². The lowest BCUT2D eigenvalue weighted by molar-refractivity contribution is -0.634. The van der Waals surface area contributed by atoms with Gasteiger partial charge in [0.2, 0.25) is 16.9 Å². The van der Waals surface area contributed by atoms with Crippen molar-refractivity contribution in [2.75, 3.05) is 0 Å². The van der Waals surface area contributed by atoms with E-state index in [1.165, 1.54) is 50.7 Å². The van der Waals surface area contributed by atoms with E-state index in [4.69, 9.17) is 9.40 Å². The van der Waals surface area contributed by atoms with E-state index in [1.807, 2.05) is 6.20 Å². The molecule has 37 heavy (non-hydrogen) atoms. The average molecular weight is 486 g/mol. The number of fused-ring (bicyclic) bond motifs is 8. The van der Waals surface area contributed by atoms with Gasteiger partial charge in [-0.1, -0.05) is 76.2 Å². The van der Waals surface area contributed by atoms with Gasteiger partial charge in [0.25, 0.3) is 0 Å². The highest BCUT2D eigenvalue weighted by atomic mass is 16.3. The minimum Gasteiger partial charge on any atom is -0.437 e. The summed E-state index contributed by atoms with van der Waals surface area (Å²) < 4.78 is 9.10. The number of hydrogen-bond donors (Lipinski definition) is 0. The average Bonchev–Trinajstić information content (AvgIpc) is 3.26. The number of benzene rings is 3. The number of para-hydroxylation sites is 1. The van der Waals surface area contributed by atoms with E-state index in [0.29, 0.717) is 5.71 Å². The standard InChI is InChI=1S/C34H33N2O/c1-20-15-16-24-27-22-12-8-7-11-21(22)19-35-32(27)37-31(24)26(20)30-29-28(33(2,3)17-18-34(29,4)5)23-13-9-10-14-25(23)36(30)6/h7-16,19H,17-18H2,1-6H3/q+1. The summed E-state index contributed by atoms with van der Waals surface area (Å²) in [6.45, 7) is 11.9. The Morgan fingerprint density at radius 3 is 2.24 bits per heavy atom. The van der Waals surface area contributed by atoms with Crippen LogP contribution in [0.5, 0.6) is 0 Å². The normalized spacial score (nSPS) is 16.6. The molecule has 0 N–H and O–H groups in total. The molecule has 0 fully saturated rings. The summed E-state index contributed by atoms with van der Waals surface area (Å²) in [4.78, 5) is 4.75. The molecule has 0 radical (unpaired) electrons. The SMILES string of the molecule is Cc1ccc2c(oc3ncc4ccccc4c32)c1-c1c2c(c3ccccc3[n+]1C)C(C)(C)CCC2(C)C. The van der Waals surface area contributed by atoms with Crippen LogP contribution in [-0.2, 0) is 17.9 Å². The summed E-state index contributed by atoms with van der Waals surface area (Å²) in [6.07, 6.45) is 4.25. The van der Waals surface area contributed by atoms with Crippen LogP contribution in [0.4, 0.5) is 0 Å². The molecule has 184 valence electrons. The van der Waals surface area contributed by atoms with Crippen molar-refractivity contribution < 1.29 is 8.98 Å². The number of rotatable bonds is 1. The number of hydrogen-bond acceptors (Lipinski definition) is 2. The van der Waals surface area contributed by atoms with Crippen molar-refractivity contribution in [2.24, 2.45) is 7.05 Å². The Labute approximate surface area is 217 Å². The van der Waals surface area contributed by atoms with Crippen molar-refractivity contribution in [3.8, 4) is 11.3 Å². The van der Waals surface area contributed by atoms with E-state index in [2.05, 4.69) is 107 Å². The van der Waals surface area contributed by atoms with Crippen molar-refractivity contribution in [1.82, 2.24) is 4.98 Å². The summed E-state index contributed by atoms with van der Waals surface area (Å²) in [6, 6.07) is 21.9. The number of nitrogens with zero attached hydrogens (tertiary/aromatic N) is 2. The van der Waals surface area contributed by atoms with Gasteiger partial charge in [-0.3, -0.25) is 0 Å². The molecule has 0 atom stereocenters. The molecule has 0 saturated carbocycles. The molecule has 1 aliphatic rings. The first-order valence-electron chi connectivity index (χ1n) is 13.3. The van der Waals surface area contributed by atoms with Crippen LogP contribution in [0, 0.1) is 6.92 Å². The molecule has 3 aromatic carbocycles. The van der Waals surface area contributed by atoms with E-state index in [-0.39, 0.29) is 10.8 Å². The fourth-order valence-corrected chi connectivity index (χ4v) is 6.91. The fraction of sp³-hybridized carbons (Fsp3) is 0.294. The van der Waals surface area contributed by atoms with Crippen molar-refractivity contribution in [1.29, 1.82) is 0 Å². The summed E-state index contributed by atoms with van der Waals surface area (Å²) in [5.74, 6) is 0. The van der Waals surface area contributed by atoms with Gasteiger partial charge in [-0.25, -0.2) is 4.98 Å². The van der Waals surface area contributed by atoms with Crippen molar-refractivity contribution in [3.05, 3.63) is 83.6 Å². The maximum Gasteiger partial charge on any atom is 0.227 e. The van der Waals surface area contributed by atoms with Crippen LogP contribution in [0.1, 0.15) is 57.2 Å². The Morgan fingerprint density at radius 1 is 0.784 bits per heavy atom. The van der Waals surface area contributed by atoms with Crippen LogP contribution in [0.15, 0.2) is 71.3 Å². The van der Waals surface area contributed by atoms with E-state index >= 15 is 0 Å². The largest absolute Gasteiger partial charge is 0.437 e. The van der Waals surface area contributed by atoms with Crippen molar-refractivity contribution in [2.45, 2.75) is 58.3 Å². The predicted molar refractivity (Wildman–Crippen MR) is 153 cm³/mol. The van der Waals surface area contributed by atoms with Crippen LogP contribution in [0.3, 0.4) is 0 Å². The zero-order valence-electron chi connectivity index (χ0n) is 22.6. The molecular formula is C34H33N2O+. The van der Waals surface area contributed by atoms with Gasteiger partial charge >= 0.3 is 0 Å². The predicted octanol–water partition coefficient (Wildman–Crippen LogP) is 8.44. The van der Waals surface area contributed by atoms with Crippen LogP contribution in [0.2, 0.25) is 0 Å². The topological polar surface area (TPSA) is 29.9 Å². The van der Waals surface area contributed by atoms with Gasteiger partial charge < -0.3 is 4.42 Å². The van der Waals surface area contributed by atoms with Crippen molar-refractivity contribution in [3.63, 3.8) is 0 Å². The van der Waals surface area contributed by atoms with Gasteiger partial charge in [-0.15, -0.1) is 0 Å². The maximum atomic E-state index is 6.68. The number of pyridine rings is 2. The number of furan rings is 1. The molecular weight excluding hydrogens is 452 g/mol. The summed E-state index contributed by atoms with van der Waals surface area (Å²) >= 11 is 0. The van der Waals surface area contributed by atoms with Crippen molar-refractivity contribution >= 4 is 43.7 Å². The summed E-state index contributed by atoms with van der Waals surface area (Å²) in [7, 11) is 2.23. The molecule has 3 heteroatoms. The molecule has 0 amide bonds. The van der Waals surface area contributed by atoms with Crippen LogP contribution >= 0.6 is 0 Å². The number of aryl methyl sites for hydroxylation is 2. The zero-order valence-corrected chi connectivity index (χ0v) is 22.6. The van der Waals surface area contributed by atoms with Gasteiger partial charge in [-0.05, 0) is 53.2 Å². The molecule has 3 aromatic heterocycles. The van der Waals surface area contributed by atoms with E-state index < -0.39 is 0 Å². The monoisotopic (exact) mass is 485 g/mol. The lowest BCUT2D eigenvalue weighted by atomic mass is 9.61. The molecule has 6 aromatic rings. The van der Waals surface area contributed by atoms with Gasteiger partial charge in [0, 0.05) is 28.6 Å². The Morgan fingerprint density at radius 2 is 1.46 bits per heavy atom. The Bertz CT molecular complexity index is 1910. The minimum atomic E-state index is 0.0353. The lowest BCUT2D eigenvalue weighted by Crippen LogP contribution is -2.42. The Kier molecular flexibility index (Phi) is 4.50. The number of aromatic nitrogens is 2. The van der Waals surface area contributed by atoms with Crippen LogP contribution in [0.25, 0.3) is 55.0 Å². The quantitative estimate of drug-likeness (QED) is 0.219. The van der Waals surface area contributed by atoms with E-state index in [0.717, 1.165) is 28.2 Å². The molecule has 0 bridgehead atoms. The van der Waals surface area contributed by atoms with Gasteiger partial charge in [0.05, 0.1) is 16.3 Å². The third-order valence-corrected chi connectivity index (χ3v) is 8.92. The van der Waals surface area contributed by atoms with E-state index in [1.54, 1.807) is 0 Å². The maximum absolute atomic E-state index is 6.68. The highest BCUT2D eigenvalue weighted by Gasteiger charge is 2.45. The second-order valence-electron chi connectivity index (χ2n) is 12.2. The fourth-order valence-electron chi connectivity index (χ4n) is 6.91. The first kappa shape index (κ1) is 22.5. The zero-order chi connectivity index (χ0) is 25.7. The molecule has 0 aliphatic heterocycles. The Balaban J connectivity index is 1.71. The molecule has 0 unspecified atom stereocenters. The smallest absolute Gasteiger partial charge is 0.227 e. The molecule has 0 spiro atoms. The Hall–Kier alpha value is -3.72. The van der Waals surface area contributed by atoms with E-state index in [9.17, 15) is 0 Å². The molecule has 0 saturated heterocycles. The molecule has 3 nitrogen and oxygen atoms in total. The van der Waals surface area contributed by atoms with Gasteiger partial charge in [0.15, 0.2) is 5.58 Å². The third-order valence-electron chi connectivity index (χ3n) is 8.92. The molecule has 3 heterocycles.